The molecule has 11 heteroatoms. The van der Waals surface area contributed by atoms with Gasteiger partial charge in [0.25, 0.3) is 5.91 Å². The molecule has 10 nitrogen and oxygen atoms in total. The SMILES string of the molecule is CN(CCF)c1nc2cc(-c3c(C(=O)N(C)C4CC4)cnn3C)ccn2n1.NC=O. The highest BCUT2D eigenvalue weighted by Crippen LogP contribution is 2.30. The van der Waals surface area contributed by atoms with Crippen LogP contribution in [0, 0.1) is 0 Å². The maximum absolute atomic E-state index is 12.9. The van der Waals surface area contributed by atoms with Gasteiger partial charge in [-0.3, -0.25) is 14.3 Å². The molecule has 3 aromatic heterocycles. The Hall–Kier alpha value is -3.50. The number of carbonyl (C=O) groups is 2. The first-order chi connectivity index (χ1) is 14.4. The minimum Gasteiger partial charge on any atom is -0.372 e. The van der Waals surface area contributed by atoms with E-state index in [1.165, 1.54) is 0 Å². The largest absolute Gasteiger partial charge is 0.372 e. The molecule has 2 N–H and O–H groups in total. The van der Waals surface area contributed by atoms with Gasteiger partial charge in [-0.1, -0.05) is 0 Å². The predicted molar refractivity (Wildman–Crippen MR) is 110 cm³/mol. The highest BCUT2D eigenvalue weighted by atomic mass is 19.1. The Morgan fingerprint density at radius 2 is 2.10 bits per heavy atom. The van der Waals surface area contributed by atoms with Gasteiger partial charge in [0.05, 0.1) is 17.5 Å². The van der Waals surface area contributed by atoms with Crippen molar-refractivity contribution in [1.29, 1.82) is 0 Å². The molecule has 0 unspecified atom stereocenters. The van der Waals surface area contributed by atoms with Crippen LogP contribution in [0.25, 0.3) is 16.9 Å². The minimum atomic E-state index is -0.466. The normalized spacial score (nSPS) is 12.9. The van der Waals surface area contributed by atoms with Gasteiger partial charge in [-0.25, -0.2) is 8.91 Å². The number of amides is 2. The Balaban J connectivity index is 0.000000806. The molecule has 30 heavy (non-hydrogen) atoms. The van der Waals surface area contributed by atoms with E-state index < -0.39 is 6.67 Å². The van der Waals surface area contributed by atoms with E-state index in [4.69, 9.17) is 4.79 Å². The third-order valence-corrected chi connectivity index (χ3v) is 4.95. The molecule has 3 aromatic rings. The number of hydrogen-bond acceptors (Lipinski definition) is 6. The summed E-state index contributed by atoms with van der Waals surface area (Å²) in [5, 5.41) is 8.65. The molecule has 0 bridgehead atoms. The number of alkyl halides is 1. The van der Waals surface area contributed by atoms with Crippen molar-refractivity contribution in [1.82, 2.24) is 29.3 Å². The number of halogens is 1. The molecule has 0 radical (unpaired) electrons. The number of fused-ring (bicyclic) bond motifs is 1. The van der Waals surface area contributed by atoms with Gasteiger partial charge >= 0.3 is 0 Å². The molecule has 1 fully saturated rings. The van der Waals surface area contributed by atoms with Crippen molar-refractivity contribution >= 4 is 23.9 Å². The highest BCUT2D eigenvalue weighted by Gasteiger charge is 2.32. The summed E-state index contributed by atoms with van der Waals surface area (Å²) in [5.74, 6) is 0.435. The summed E-state index contributed by atoms with van der Waals surface area (Å²) in [6.45, 7) is -0.232. The molecule has 0 atom stereocenters. The zero-order valence-electron chi connectivity index (χ0n) is 17.2. The standard InChI is InChI=1S/C18H22FN7O.CH3NO/c1-23(9-7-19)18-21-15-10-12(6-8-26(15)22-18)16-14(11-20-25(16)3)17(27)24(2)13-4-5-13;2-1-3/h6,8,10-11,13H,4-5,7,9H2,1-3H3;1H,(H2,2,3). The van der Waals surface area contributed by atoms with Crippen LogP contribution < -0.4 is 10.6 Å². The topological polar surface area (TPSA) is 115 Å². The lowest BCUT2D eigenvalue weighted by Crippen LogP contribution is -2.28. The lowest BCUT2D eigenvalue weighted by atomic mass is 10.1. The second-order valence-corrected chi connectivity index (χ2v) is 7.05. The minimum absolute atomic E-state index is 0.0229. The first-order valence-electron chi connectivity index (χ1n) is 9.49. The number of carbonyl (C=O) groups excluding carboxylic acids is 2. The van der Waals surface area contributed by atoms with E-state index in [1.807, 2.05) is 26.2 Å². The molecule has 1 aliphatic rings. The number of aryl methyl sites for hydroxylation is 1. The second-order valence-electron chi connectivity index (χ2n) is 7.05. The van der Waals surface area contributed by atoms with Crippen molar-refractivity contribution in [3.8, 4) is 11.3 Å². The van der Waals surface area contributed by atoms with E-state index in [2.05, 4.69) is 20.9 Å². The zero-order chi connectivity index (χ0) is 21.8. The molecule has 4 rings (SSSR count). The molecular formula is C19H25FN8O2. The molecule has 0 spiro atoms. The Bertz CT molecular complexity index is 1040. The highest BCUT2D eigenvalue weighted by molar-refractivity contribution is 6.00. The molecule has 2 amide bonds. The van der Waals surface area contributed by atoms with Crippen molar-refractivity contribution < 1.29 is 14.0 Å². The van der Waals surface area contributed by atoms with Crippen LogP contribution in [0.1, 0.15) is 23.2 Å². The van der Waals surface area contributed by atoms with Crippen LogP contribution in [0.2, 0.25) is 0 Å². The van der Waals surface area contributed by atoms with Crippen LogP contribution in [-0.4, -0.2) is 75.0 Å². The van der Waals surface area contributed by atoms with E-state index >= 15 is 0 Å². The molecule has 0 aromatic carbocycles. The quantitative estimate of drug-likeness (QED) is 0.597. The number of pyridine rings is 1. The van der Waals surface area contributed by atoms with Crippen LogP contribution in [0.4, 0.5) is 10.3 Å². The van der Waals surface area contributed by atoms with Crippen molar-refractivity contribution in [3.63, 3.8) is 0 Å². The number of primary amides is 1. The molecule has 160 valence electrons. The summed E-state index contributed by atoms with van der Waals surface area (Å²) in [7, 11) is 5.41. The molecule has 1 aliphatic carbocycles. The van der Waals surface area contributed by atoms with E-state index in [1.54, 1.807) is 38.4 Å². The summed E-state index contributed by atoms with van der Waals surface area (Å²) in [6.07, 6.45) is 5.76. The molecule has 0 aliphatic heterocycles. The van der Waals surface area contributed by atoms with Gasteiger partial charge in [0.1, 0.15) is 6.67 Å². The summed E-state index contributed by atoms with van der Waals surface area (Å²) >= 11 is 0. The Labute approximate surface area is 173 Å². The number of rotatable bonds is 6. The summed E-state index contributed by atoms with van der Waals surface area (Å²) in [4.78, 5) is 29.4. The van der Waals surface area contributed by atoms with Crippen LogP contribution in [-0.2, 0) is 11.8 Å². The average molecular weight is 416 g/mol. The van der Waals surface area contributed by atoms with Gasteiger partial charge < -0.3 is 15.5 Å². The first-order valence-corrected chi connectivity index (χ1v) is 9.49. The fraction of sp³-hybridized carbons (Fsp3) is 0.421. The maximum Gasteiger partial charge on any atom is 0.257 e. The third kappa shape index (κ3) is 4.24. The number of hydrogen-bond donors (Lipinski definition) is 1. The van der Waals surface area contributed by atoms with Gasteiger partial charge in [-0.2, -0.15) is 10.1 Å². The van der Waals surface area contributed by atoms with E-state index in [9.17, 15) is 9.18 Å². The Kier molecular flexibility index (Phi) is 6.28. The van der Waals surface area contributed by atoms with Crippen LogP contribution in [0.3, 0.4) is 0 Å². The molecule has 1 saturated carbocycles. The fourth-order valence-electron chi connectivity index (χ4n) is 3.16. The van der Waals surface area contributed by atoms with Crippen molar-refractivity contribution in [3.05, 3.63) is 30.1 Å². The first kappa shape index (κ1) is 21.2. The van der Waals surface area contributed by atoms with E-state index in [-0.39, 0.29) is 18.9 Å². The van der Waals surface area contributed by atoms with Crippen LogP contribution in [0.5, 0.6) is 0 Å². The second kappa shape index (κ2) is 8.89. The van der Waals surface area contributed by atoms with Crippen molar-refractivity contribution in [2.24, 2.45) is 12.8 Å². The smallest absolute Gasteiger partial charge is 0.257 e. The summed E-state index contributed by atoms with van der Waals surface area (Å²) in [6, 6.07) is 4.08. The number of nitrogens with two attached hydrogens (primary N) is 1. The lowest BCUT2D eigenvalue weighted by molar-refractivity contribution is -0.106. The van der Waals surface area contributed by atoms with Crippen molar-refractivity contribution in [2.45, 2.75) is 18.9 Å². The Morgan fingerprint density at radius 1 is 1.40 bits per heavy atom. The Morgan fingerprint density at radius 3 is 2.73 bits per heavy atom. The molecule has 0 saturated heterocycles. The third-order valence-electron chi connectivity index (χ3n) is 4.95. The van der Waals surface area contributed by atoms with Gasteiger partial charge in [0.15, 0.2) is 5.65 Å². The van der Waals surface area contributed by atoms with Crippen LogP contribution in [0.15, 0.2) is 24.5 Å². The molecule has 3 heterocycles. The van der Waals surface area contributed by atoms with Crippen molar-refractivity contribution in [2.75, 3.05) is 32.2 Å². The maximum atomic E-state index is 12.9. The monoisotopic (exact) mass is 416 g/mol. The number of aromatic nitrogens is 5. The fourth-order valence-corrected chi connectivity index (χ4v) is 3.16. The summed E-state index contributed by atoms with van der Waals surface area (Å²) in [5.41, 5.74) is 6.95. The van der Waals surface area contributed by atoms with Gasteiger partial charge in [0, 0.05) is 45.5 Å². The van der Waals surface area contributed by atoms with E-state index in [0.717, 1.165) is 24.1 Å². The van der Waals surface area contributed by atoms with Gasteiger partial charge in [-0.15, -0.1) is 5.10 Å². The summed E-state index contributed by atoms with van der Waals surface area (Å²) < 4.78 is 15.9. The number of nitrogens with zero attached hydrogens (tertiary/aromatic N) is 7. The van der Waals surface area contributed by atoms with E-state index in [0.29, 0.717) is 23.2 Å². The van der Waals surface area contributed by atoms with Crippen LogP contribution >= 0.6 is 0 Å². The molecular weight excluding hydrogens is 391 g/mol. The average Bonchev–Trinajstić information content (AvgIpc) is 3.37. The lowest BCUT2D eigenvalue weighted by Gasteiger charge is -2.16. The van der Waals surface area contributed by atoms with Gasteiger partial charge in [0.2, 0.25) is 12.4 Å². The number of anilines is 1. The van der Waals surface area contributed by atoms with Gasteiger partial charge in [-0.05, 0) is 25.0 Å². The predicted octanol–water partition coefficient (Wildman–Crippen LogP) is 0.871. The zero-order valence-corrected chi connectivity index (χ0v) is 17.2.